The van der Waals surface area contributed by atoms with Crippen molar-refractivity contribution < 1.29 is 9.47 Å². The van der Waals surface area contributed by atoms with Crippen molar-refractivity contribution in [3.8, 4) is 23.3 Å². The van der Waals surface area contributed by atoms with Gasteiger partial charge in [0.25, 0.3) is 0 Å². The van der Waals surface area contributed by atoms with Gasteiger partial charge < -0.3 is 20.9 Å². The Morgan fingerprint density at radius 2 is 1.08 bits per heavy atom. The molecule has 0 fully saturated rings. The molecule has 0 radical (unpaired) electrons. The van der Waals surface area contributed by atoms with Gasteiger partial charge in [-0.25, -0.2) is 0 Å². The fourth-order valence-electron chi connectivity index (χ4n) is 2.29. The van der Waals surface area contributed by atoms with Gasteiger partial charge in [-0.15, -0.1) is 0 Å². The Labute approximate surface area is 150 Å². The molecular formula is C19H17N5O2. The smallest absolute Gasteiger partial charge is 0.222 e. The van der Waals surface area contributed by atoms with Crippen LogP contribution in [-0.2, 0) is 0 Å². The molecule has 26 heavy (non-hydrogen) atoms. The average Bonchev–Trinajstić information content (AvgIpc) is 2.62. The molecule has 0 atom stereocenters. The molecule has 2 aromatic carbocycles. The molecule has 0 saturated heterocycles. The van der Waals surface area contributed by atoms with Gasteiger partial charge in [-0.3, -0.25) is 10.8 Å². The van der Waals surface area contributed by atoms with Crippen LogP contribution in [0.3, 0.4) is 0 Å². The number of nitrogen functional groups attached to an aromatic ring is 2. The second-order valence-corrected chi connectivity index (χ2v) is 5.34. The summed E-state index contributed by atoms with van der Waals surface area (Å²) < 4.78 is 11.5. The lowest BCUT2D eigenvalue weighted by atomic mass is 10.2. The van der Waals surface area contributed by atoms with Crippen LogP contribution in [0.2, 0.25) is 0 Å². The minimum absolute atomic E-state index is 0.0941. The third kappa shape index (κ3) is 3.78. The maximum absolute atomic E-state index is 7.62. The molecule has 0 saturated carbocycles. The van der Waals surface area contributed by atoms with Gasteiger partial charge in [0.1, 0.15) is 23.2 Å². The summed E-state index contributed by atoms with van der Waals surface area (Å²) >= 11 is 0. The summed E-state index contributed by atoms with van der Waals surface area (Å²) in [5.41, 5.74) is 12.1. The number of ether oxygens (including phenoxy) is 2. The van der Waals surface area contributed by atoms with Crippen LogP contribution < -0.4 is 20.9 Å². The average molecular weight is 347 g/mol. The summed E-state index contributed by atoms with van der Waals surface area (Å²) in [5, 5.41) is 15.2. The Balaban J connectivity index is 1.86. The molecule has 0 amide bonds. The summed E-state index contributed by atoms with van der Waals surface area (Å²) in [6, 6.07) is 19.0. The van der Waals surface area contributed by atoms with Crippen LogP contribution in [0.5, 0.6) is 23.3 Å². The number of nitrogens with one attached hydrogen (secondary N) is 2. The summed E-state index contributed by atoms with van der Waals surface area (Å²) in [5.74, 6) is 1.24. The molecule has 0 unspecified atom stereocenters. The van der Waals surface area contributed by atoms with Gasteiger partial charge in [0.2, 0.25) is 11.8 Å². The van der Waals surface area contributed by atoms with E-state index in [2.05, 4.69) is 4.98 Å². The zero-order valence-electron chi connectivity index (χ0n) is 13.8. The fraction of sp³-hybridized carbons (Fsp3) is 0. The van der Waals surface area contributed by atoms with Gasteiger partial charge in [0.05, 0.1) is 11.1 Å². The van der Waals surface area contributed by atoms with Crippen LogP contribution in [0.25, 0.3) is 0 Å². The number of nitrogens with zero attached hydrogens (tertiary/aromatic N) is 1. The molecule has 0 aliphatic rings. The van der Waals surface area contributed by atoms with E-state index in [9.17, 15) is 0 Å². The number of para-hydroxylation sites is 2. The number of hydrogen-bond donors (Lipinski definition) is 4. The first kappa shape index (κ1) is 17.0. The van der Waals surface area contributed by atoms with Gasteiger partial charge in [0.15, 0.2) is 0 Å². The number of aromatic nitrogens is 1. The summed E-state index contributed by atoms with van der Waals surface area (Å²) in [6.07, 6.45) is 0. The van der Waals surface area contributed by atoms with Gasteiger partial charge in [-0.2, -0.15) is 4.98 Å². The first-order chi connectivity index (χ1) is 12.5. The highest BCUT2D eigenvalue weighted by atomic mass is 16.5. The van der Waals surface area contributed by atoms with Gasteiger partial charge in [-0.05, 0) is 24.3 Å². The second-order valence-electron chi connectivity index (χ2n) is 5.34. The van der Waals surface area contributed by atoms with Crippen LogP contribution in [0.4, 0.5) is 0 Å². The highest BCUT2D eigenvalue weighted by molar-refractivity contribution is 5.98. The number of rotatable bonds is 6. The van der Waals surface area contributed by atoms with Gasteiger partial charge in [0, 0.05) is 12.1 Å². The second kappa shape index (κ2) is 7.35. The largest absolute Gasteiger partial charge is 0.438 e. The lowest BCUT2D eigenvalue weighted by Crippen LogP contribution is -2.12. The van der Waals surface area contributed by atoms with E-state index in [1.807, 2.05) is 0 Å². The first-order valence-corrected chi connectivity index (χ1v) is 7.74. The molecule has 1 aromatic heterocycles. The number of pyridine rings is 1. The molecule has 0 aliphatic heterocycles. The van der Waals surface area contributed by atoms with Crippen molar-refractivity contribution >= 4 is 11.7 Å². The Bertz CT molecular complexity index is 897. The van der Waals surface area contributed by atoms with E-state index in [-0.39, 0.29) is 23.4 Å². The van der Waals surface area contributed by atoms with Crippen molar-refractivity contribution in [3.63, 3.8) is 0 Å². The monoisotopic (exact) mass is 347 g/mol. The van der Waals surface area contributed by atoms with E-state index in [0.29, 0.717) is 22.6 Å². The third-order valence-electron chi connectivity index (χ3n) is 3.48. The Kier molecular flexibility index (Phi) is 4.80. The lowest BCUT2D eigenvalue weighted by molar-refractivity contribution is 0.425. The maximum Gasteiger partial charge on any atom is 0.222 e. The zero-order valence-corrected chi connectivity index (χ0v) is 13.8. The molecule has 0 bridgehead atoms. The molecular weight excluding hydrogens is 330 g/mol. The molecule has 3 rings (SSSR count). The predicted octanol–water partition coefficient (Wildman–Crippen LogP) is 3.23. The van der Waals surface area contributed by atoms with E-state index in [1.54, 1.807) is 66.7 Å². The van der Waals surface area contributed by atoms with Crippen LogP contribution in [-0.4, -0.2) is 16.7 Å². The molecule has 7 heteroatoms. The standard InChI is InChI=1S/C19H17N5O2/c20-18(21)12-6-1-3-8-14(12)25-16-10-5-11-17(24-16)26-15-9-4-2-7-13(15)19(22)23/h1-11H,(H3,20,21)(H3,22,23). The molecule has 6 N–H and O–H groups in total. The summed E-state index contributed by atoms with van der Waals surface area (Å²) in [4.78, 5) is 4.30. The number of hydrogen-bond acceptors (Lipinski definition) is 5. The topological polar surface area (TPSA) is 131 Å². The van der Waals surface area contributed by atoms with Crippen molar-refractivity contribution in [3.05, 3.63) is 77.9 Å². The van der Waals surface area contributed by atoms with Crippen molar-refractivity contribution in [2.45, 2.75) is 0 Å². The molecule has 130 valence electrons. The summed E-state index contributed by atoms with van der Waals surface area (Å²) in [7, 11) is 0. The molecule has 7 nitrogen and oxygen atoms in total. The van der Waals surface area contributed by atoms with Crippen LogP contribution in [0.15, 0.2) is 66.7 Å². The van der Waals surface area contributed by atoms with Crippen molar-refractivity contribution in [1.82, 2.24) is 4.98 Å². The Morgan fingerprint density at radius 1 is 0.654 bits per heavy atom. The fourth-order valence-corrected chi connectivity index (χ4v) is 2.29. The van der Waals surface area contributed by atoms with Crippen LogP contribution >= 0.6 is 0 Å². The zero-order chi connectivity index (χ0) is 18.5. The molecule has 0 spiro atoms. The Morgan fingerprint density at radius 3 is 1.50 bits per heavy atom. The normalized spacial score (nSPS) is 10.2. The maximum atomic E-state index is 7.62. The van der Waals surface area contributed by atoms with Crippen LogP contribution in [0, 0.1) is 10.8 Å². The summed E-state index contributed by atoms with van der Waals surface area (Å²) in [6.45, 7) is 0. The third-order valence-corrected chi connectivity index (χ3v) is 3.48. The first-order valence-electron chi connectivity index (χ1n) is 7.74. The quantitative estimate of drug-likeness (QED) is 0.401. The molecule has 1 heterocycles. The molecule has 0 aliphatic carbocycles. The van der Waals surface area contributed by atoms with Crippen molar-refractivity contribution in [2.24, 2.45) is 11.5 Å². The lowest BCUT2D eigenvalue weighted by Gasteiger charge is -2.12. The van der Waals surface area contributed by atoms with E-state index in [0.717, 1.165) is 0 Å². The minimum atomic E-state index is -0.0941. The van der Waals surface area contributed by atoms with Crippen molar-refractivity contribution in [1.29, 1.82) is 10.8 Å². The number of benzene rings is 2. The number of nitrogens with two attached hydrogens (primary N) is 2. The van der Waals surface area contributed by atoms with Crippen molar-refractivity contribution in [2.75, 3.05) is 0 Å². The van der Waals surface area contributed by atoms with Gasteiger partial charge >= 0.3 is 0 Å². The SMILES string of the molecule is N=C(N)c1ccccc1Oc1cccc(Oc2ccccc2C(=N)N)n1. The minimum Gasteiger partial charge on any atom is -0.438 e. The highest BCUT2D eigenvalue weighted by Crippen LogP contribution is 2.28. The van der Waals surface area contributed by atoms with E-state index in [4.69, 9.17) is 31.8 Å². The van der Waals surface area contributed by atoms with E-state index >= 15 is 0 Å². The number of amidine groups is 2. The Hall–Kier alpha value is -3.87. The van der Waals surface area contributed by atoms with E-state index in [1.165, 1.54) is 0 Å². The molecule has 3 aromatic rings. The van der Waals surface area contributed by atoms with Gasteiger partial charge in [-0.1, -0.05) is 30.3 Å². The van der Waals surface area contributed by atoms with E-state index < -0.39 is 0 Å². The van der Waals surface area contributed by atoms with Crippen LogP contribution in [0.1, 0.15) is 11.1 Å². The highest BCUT2D eigenvalue weighted by Gasteiger charge is 2.10. The predicted molar refractivity (Wildman–Crippen MR) is 99.3 cm³/mol.